The number of aromatic nitrogens is 4. The van der Waals surface area contributed by atoms with Crippen molar-refractivity contribution in [2.24, 2.45) is 12.8 Å². The summed E-state index contributed by atoms with van der Waals surface area (Å²) in [6.45, 7) is 2.05. The molecule has 7 nitrogen and oxygen atoms in total. The fourth-order valence-corrected chi connectivity index (χ4v) is 2.13. The number of tetrazole rings is 1. The summed E-state index contributed by atoms with van der Waals surface area (Å²) in [7, 11) is 1.77. The Labute approximate surface area is 123 Å². The number of amides is 1. The molecule has 0 aliphatic heterocycles. The van der Waals surface area contributed by atoms with Gasteiger partial charge in [-0.05, 0) is 29.0 Å². The van der Waals surface area contributed by atoms with Gasteiger partial charge in [-0.1, -0.05) is 25.5 Å². The predicted octanol–water partition coefficient (Wildman–Crippen LogP) is 1.33. The molecular weight excluding hydrogens is 268 g/mol. The number of nitrogens with two attached hydrogens (primary N) is 1. The molecule has 112 valence electrons. The van der Waals surface area contributed by atoms with Gasteiger partial charge in [0, 0.05) is 30.8 Å². The van der Waals surface area contributed by atoms with Crippen LogP contribution in [0.15, 0.2) is 24.3 Å². The molecule has 1 heterocycles. The molecular formula is C14H20N6O. The fraction of sp³-hybridized carbons (Fsp3) is 0.429. The Bertz CT molecular complexity index is 609. The van der Waals surface area contributed by atoms with E-state index in [0.717, 1.165) is 18.4 Å². The van der Waals surface area contributed by atoms with Gasteiger partial charge in [0.05, 0.1) is 0 Å². The lowest BCUT2D eigenvalue weighted by Gasteiger charge is -2.11. The van der Waals surface area contributed by atoms with E-state index in [1.54, 1.807) is 11.7 Å². The molecule has 21 heavy (non-hydrogen) atoms. The first-order valence-corrected chi connectivity index (χ1v) is 6.98. The minimum absolute atomic E-state index is 0.0795. The van der Waals surface area contributed by atoms with Crippen molar-refractivity contribution in [1.82, 2.24) is 20.2 Å². The van der Waals surface area contributed by atoms with Crippen molar-refractivity contribution in [2.45, 2.75) is 32.2 Å². The molecule has 0 radical (unpaired) electrons. The number of nitrogens with one attached hydrogen (secondary N) is 1. The van der Waals surface area contributed by atoms with Crippen LogP contribution in [0.5, 0.6) is 0 Å². The van der Waals surface area contributed by atoms with Crippen molar-refractivity contribution >= 4 is 11.6 Å². The number of rotatable bonds is 6. The van der Waals surface area contributed by atoms with Gasteiger partial charge in [0.25, 0.3) is 0 Å². The van der Waals surface area contributed by atoms with E-state index in [1.807, 2.05) is 24.3 Å². The number of hydrogen-bond acceptors (Lipinski definition) is 5. The molecule has 0 fully saturated rings. The summed E-state index contributed by atoms with van der Waals surface area (Å²) in [5, 5.41) is 14.2. The van der Waals surface area contributed by atoms with Crippen molar-refractivity contribution < 1.29 is 4.79 Å². The summed E-state index contributed by atoms with van der Waals surface area (Å²) in [6.07, 6.45) is 2.14. The Morgan fingerprint density at radius 3 is 2.95 bits per heavy atom. The Morgan fingerprint density at radius 2 is 2.29 bits per heavy atom. The van der Waals surface area contributed by atoms with Gasteiger partial charge < -0.3 is 11.1 Å². The second kappa shape index (κ2) is 6.94. The van der Waals surface area contributed by atoms with Crippen molar-refractivity contribution in [3.8, 4) is 11.4 Å². The molecule has 0 saturated carbocycles. The Balaban J connectivity index is 2.05. The number of benzene rings is 1. The van der Waals surface area contributed by atoms with Crippen molar-refractivity contribution in [2.75, 3.05) is 5.32 Å². The molecule has 1 amide bonds. The van der Waals surface area contributed by atoms with Crippen molar-refractivity contribution in [3.05, 3.63) is 24.3 Å². The largest absolute Gasteiger partial charge is 0.327 e. The van der Waals surface area contributed by atoms with Crippen LogP contribution in [0.1, 0.15) is 26.2 Å². The van der Waals surface area contributed by atoms with Gasteiger partial charge in [0.2, 0.25) is 5.91 Å². The highest BCUT2D eigenvalue weighted by atomic mass is 16.1. The molecule has 1 atom stereocenters. The number of aryl methyl sites for hydroxylation is 1. The Kier molecular flexibility index (Phi) is 4.99. The van der Waals surface area contributed by atoms with E-state index in [4.69, 9.17) is 5.73 Å². The number of anilines is 1. The van der Waals surface area contributed by atoms with Gasteiger partial charge in [-0.25, -0.2) is 4.68 Å². The topological polar surface area (TPSA) is 98.7 Å². The summed E-state index contributed by atoms with van der Waals surface area (Å²) in [5.41, 5.74) is 7.43. The Hall–Kier alpha value is -2.28. The highest BCUT2D eigenvalue weighted by Gasteiger charge is 2.10. The zero-order chi connectivity index (χ0) is 15.2. The molecule has 1 aromatic carbocycles. The van der Waals surface area contributed by atoms with Crippen LogP contribution in [-0.4, -0.2) is 32.2 Å². The first kappa shape index (κ1) is 15.1. The highest BCUT2D eigenvalue weighted by Crippen LogP contribution is 2.19. The molecule has 2 aromatic rings. The number of carbonyl (C=O) groups excluding carboxylic acids is 1. The Morgan fingerprint density at radius 1 is 1.48 bits per heavy atom. The summed E-state index contributed by atoms with van der Waals surface area (Å²) in [6, 6.07) is 7.32. The molecule has 0 aliphatic rings. The van der Waals surface area contributed by atoms with Crippen LogP contribution in [0.2, 0.25) is 0 Å². The van der Waals surface area contributed by atoms with E-state index < -0.39 is 0 Å². The lowest BCUT2D eigenvalue weighted by molar-refractivity contribution is -0.116. The highest BCUT2D eigenvalue weighted by molar-refractivity contribution is 5.91. The van der Waals surface area contributed by atoms with Crippen LogP contribution in [-0.2, 0) is 11.8 Å². The number of hydrogen-bond donors (Lipinski definition) is 2. The molecule has 1 unspecified atom stereocenters. The van der Waals surface area contributed by atoms with Gasteiger partial charge in [-0.3, -0.25) is 4.79 Å². The number of carbonyl (C=O) groups is 1. The van der Waals surface area contributed by atoms with E-state index in [1.165, 1.54) is 0 Å². The van der Waals surface area contributed by atoms with E-state index in [2.05, 4.69) is 27.8 Å². The SMILES string of the molecule is CCCC(N)CC(=O)Nc1cccc(-c2nnnn2C)c1. The molecule has 3 N–H and O–H groups in total. The average molecular weight is 288 g/mol. The van der Waals surface area contributed by atoms with Crippen LogP contribution < -0.4 is 11.1 Å². The number of nitrogens with zero attached hydrogens (tertiary/aromatic N) is 4. The maximum Gasteiger partial charge on any atom is 0.225 e. The van der Waals surface area contributed by atoms with Crippen molar-refractivity contribution in [3.63, 3.8) is 0 Å². The third-order valence-corrected chi connectivity index (χ3v) is 3.13. The third kappa shape index (κ3) is 4.09. The lowest BCUT2D eigenvalue weighted by Crippen LogP contribution is -2.26. The average Bonchev–Trinajstić information content (AvgIpc) is 2.85. The molecule has 0 aliphatic carbocycles. The summed E-state index contributed by atoms with van der Waals surface area (Å²) < 4.78 is 1.58. The molecule has 0 bridgehead atoms. The monoisotopic (exact) mass is 288 g/mol. The molecule has 0 saturated heterocycles. The zero-order valence-electron chi connectivity index (χ0n) is 12.3. The minimum Gasteiger partial charge on any atom is -0.327 e. The van der Waals surface area contributed by atoms with Gasteiger partial charge in [-0.2, -0.15) is 0 Å². The third-order valence-electron chi connectivity index (χ3n) is 3.13. The maximum absolute atomic E-state index is 11.9. The lowest BCUT2D eigenvalue weighted by atomic mass is 10.1. The van der Waals surface area contributed by atoms with Crippen LogP contribution in [0.3, 0.4) is 0 Å². The van der Waals surface area contributed by atoms with E-state index in [-0.39, 0.29) is 11.9 Å². The second-order valence-electron chi connectivity index (χ2n) is 5.01. The summed E-state index contributed by atoms with van der Waals surface area (Å²) in [4.78, 5) is 11.9. The van der Waals surface area contributed by atoms with E-state index >= 15 is 0 Å². The maximum atomic E-state index is 11.9. The standard InChI is InChI=1S/C14H20N6O/c1-3-5-11(15)9-13(21)16-12-7-4-6-10(8-12)14-17-18-19-20(14)2/h4,6-8,11H,3,5,9,15H2,1-2H3,(H,16,21). The molecule has 1 aromatic heterocycles. The normalized spacial score (nSPS) is 12.1. The van der Waals surface area contributed by atoms with Gasteiger partial charge >= 0.3 is 0 Å². The van der Waals surface area contributed by atoms with Crippen LogP contribution in [0.25, 0.3) is 11.4 Å². The van der Waals surface area contributed by atoms with Gasteiger partial charge in [0.1, 0.15) is 0 Å². The molecule has 7 heteroatoms. The predicted molar refractivity (Wildman–Crippen MR) is 80.4 cm³/mol. The quantitative estimate of drug-likeness (QED) is 0.835. The summed E-state index contributed by atoms with van der Waals surface area (Å²) >= 11 is 0. The van der Waals surface area contributed by atoms with Gasteiger partial charge in [-0.15, -0.1) is 5.10 Å². The first-order valence-electron chi connectivity index (χ1n) is 6.98. The molecule has 2 rings (SSSR count). The van der Waals surface area contributed by atoms with Gasteiger partial charge in [0.15, 0.2) is 5.82 Å². The van der Waals surface area contributed by atoms with E-state index in [9.17, 15) is 4.79 Å². The van der Waals surface area contributed by atoms with Crippen molar-refractivity contribution in [1.29, 1.82) is 0 Å². The van der Waals surface area contributed by atoms with Crippen LogP contribution in [0.4, 0.5) is 5.69 Å². The first-order chi connectivity index (χ1) is 10.1. The van der Waals surface area contributed by atoms with Crippen LogP contribution >= 0.6 is 0 Å². The molecule has 0 spiro atoms. The minimum atomic E-state index is -0.0962. The van der Waals surface area contributed by atoms with Crippen LogP contribution in [0, 0.1) is 0 Å². The summed E-state index contributed by atoms with van der Waals surface area (Å²) in [5.74, 6) is 0.568. The zero-order valence-corrected chi connectivity index (χ0v) is 12.3. The smallest absolute Gasteiger partial charge is 0.225 e. The second-order valence-corrected chi connectivity index (χ2v) is 5.01. The van der Waals surface area contributed by atoms with E-state index in [0.29, 0.717) is 17.9 Å². The fourth-order valence-electron chi connectivity index (χ4n) is 2.13.